The molecule has 1 aromatic rings. The van der Waals surface area contributed by atoms with Crippen LogP contribution in [0.1, 0.15) is 41.8 Å². The van der Waals surface area contributed by atoms with Gasteiger partial charge in [0.2, 0.25) is 0 Å². The van der Waals surface area contributed by atoms with Crippen molar-refractivity contribution in [2.75, 3.05) is 7.11 Å². The zero-order valence-electron chi connectivity index (χ0n) is 12.2. The summed E-state index contributed by atoms with van der Waals surface area (Å²) in [4.78, 5) is 34.3. The Morgan fingerprint density at radius 3 is 2.14 bits per heavy atom. The monoisotopic (exact) mass is 294 g/mol. The lowest BCUT2D eigenvalue weighted by atomic mass is 9.75. The van der Waals surface area contributed by atoms with Crippen LogP contribution in [0.4, 0.5) is 0 Å². The minimum absolute atomic E-state index is 0.117. The van der Waals surface area contributed by atoms with Gasteiger partial charge in [0.25, 0.3) is 0 Å². The zero-order valence-corrected chi connectivity index (χ0v) is 12.2. The second-order valence-electron chi connectivity index (χ2n) is 4.55. The van der Waals surface area contributed by atoms with Crippen molar-refractivity contribution in [2.24, 2.45) is 0 Å². The first kappa shape index (κ1) is 16.7. The fraction of sp³-hybridized carbons (Fsp3) is 0.400. The lowest BCUT2D eigenvalue weighted by molar-refractivity contribution is -0.157. The van der Waals surface area contributed by atoms with Crippen LogP contribution in [0, 0.1) is 0 Å². The molecule has 0 saturated heterocycles. The SMILES string of the molecule is CCc1c(C(CC)(C(=O)O)C(=O)O)ccc(C=O)c1OC. The number of aldehydes is 1. The van der Waals surface area contributed by atoms with Crippen LogP contribution < -0.4 is 4.74 Å². The molecule has 6 nitrogen and oxygen atoms in total. The second-order valence-corrected chi connectivity index (χ2v) is 4.55. The van der Waals surface area contributed by atoms with E-state index in [-0.39, 0.29) is 23.3 Å². The average Bonchev–Trinajstić information content (AvgIpc) is 2.46. The van der Waals surface area contributed by atoms with Crippen LogP contribution in [-0.4, -0.2) is 35.5 Å². The van der Waals surface area contributed by atoms with Gasteiger partial charge in [-0.2, -0.15) is 0 Å². The van der Waals surface area contributed by atoms with Crippen LogP contribution in [0.3, 0.4) is 0 Å². The molecule has 0 bridgehead atoms. The number of aliphatic carboxylic acids is 2. The second kappa shape index (κ2) is 6.39. The van der Waals surface area contributed by atoms with Crippen LogP contribution in [0.25, 0.3) is 0 Å². The summed E-state index contributed by atoms with van der Waals surface area (Å²) < 4.78 is 5.18. The molecule has 0 amide bonds. The maximum absolute atomic E-state index is 11.6. The predicted octanol–water partition coefficient (Wildman–Crippen LogP) is 1.89. The van der Waals surface area contributed by atoms with E-state index in [1.165, 1.54) is 26.2 Å². The van der Waals surface area contributed by atoms with E-state index >= 15 is 0 Å². The largest absolute Gasteiger partial charge is 0.496 e. The van der Waals surface area contributed by atoms with Gasteiger partial charge in [0.05, 0.1) is 12.7 Å². The molecular weight excluding hydrogens is 276 g/mol. The van der Waals surface area contributed by atoms with Crippen molar-refractivity contribution in [2.45, 2.75) is 32.1 Å². The number of benzene rings is 1. The Kier molecular flexibility index (Phi) is 5.07. The topological polar surface area (TPSA) is 101 Å². The molecule has 0 fully saturated rings. The number of rotatable bonds is 7. The molecule has 1 aromatic carbocycles. The first-order valence-electron chi connectivity index (χ1n) is 6.52. The molecule has 0 saturated carbocycles. The molecule has 0 aliphatic rings. The maximum atomic E-state index is 11.6. The first-order chi connectivity index (χ1) is 9.90. The number of carbonyl (C=O) groups is 3. The molecule has 0 spiro atoms. The van der Waals surface area contributed by atoms with Crippen LogP contribution in [0.15, 0.2) is 12.1 Å². The summed E-state index contributed by atoms with van der Waals surface area (Å²) in [6, 6.07) is 2.77. The van der Waals surface area contributed by atoms with Gasteiger partial charge in [-0.1, -0.05) is 19.9 Å². The third-order valence-electron chi connectivity index (χ3n) is 3.70. The molecular formula is C15H18O6. The lowest BCUT2D eigenvalue weighted by Crippen LogP contribution is -2.44. The van der Waals surface area contributed by atoms with E-state index in [1.54, 1.807) is 6.92 Å². The highest BCUT2D eigenvalue weighted by molar-refractivity contribution is 6.05. The number of hydrogen-bond donors (Lipinski definition) is 2. The molecule has 0 aromatic heterocycles. The molecule has 0 atom stereocenters. The Bertz CT molecular complexity index is 562. The minimum atomic E-state index is -2.06. The smallest absolute Gasteiger partial charge is 0.325 e. The van der Waals surface area contributed by atoms with Gasteiger partial charge < -0.3 is 14.9 Å². The van der Waals surface area contributed by atoms with Crippen LogP contribution in [0.5, 0.6) is 5.75 Å². The highest BCUT2D eigenvalue weighted by atomic mass is 16.5. The van der Waals surface area contributed by atoms with Gasteiger partial charge in [0, 0.05) is 0 Å². The highest BCUT2D eigenvalue weighted by Crippen LogP contribution is 2.37. The number of carbonyl (C=O) groups excluding carboxylic acids is 1. The predicted molar refractivity (Wildman–Crippen MR) is 75.0 cm³/mol. The summed E-state index contributed by atoms with van der Waals surface area (Å²) in [5, 5.41) is 18.9. The van der Waals surface area contributed by atoms with Crippen molar-refractivity contribution in [1.29, 1.82) is 0 Å². The summed E-state index contributed by atoms with van der Waals surface area (Å²) in [6.45, 7) is 3.25. The zero-order chi connectivity index (χ0) is 16.2. The van der Waals surface area contributed by atoms with Crippen LogP contribution >= 0.6 is 0 Å². The van der Waals surface area contributed by atoms with Crippen LogP contribution in [-0.2, 0) is 21.4 Å². The summed E-state index contributed by atoms with van der Waals surface area (Å²) in [6.07, 6.45) is 0.827. The van der Waals surface area contributed by atoms with Crippen molar-refractivity contribution in [3.8, 4) is 5.75 Å². The third-order valence-corrected chi connectivity index (χ3v) is 3.70. The molecule has 21 heavy (non-hydrogen) atoms. The Morgan fingerprint density at radius 2 is 1.81 bits per heavy atom. The molecule has 2 N–H and O–H groups in total. The number of hydrogen-bond acceptors (Lipinski definition) is 4. The average molecular weight is 294 g/mol. The van der Waals surface area contributed by atoms with Gasteiger partial charge in [-0.3, -0.25) is 14.4 Å². The highest BCUT2D eigenvalue weighted by Gasteiger charge is 2.48. The first-order valence-corrected chi connectivity index (χ1v) is 6.52. The van der Waals surface area contributed by atoms with E-state index in [9.17, 15) is 24.6 Å². The molecule has 6 heteroatoms. The van der Waals surface area contributed by atoms with Gasteiger partial charge >= 0.3 is 11.9 Å². The van der Waals surface area contributed by atoms with Crippen molar-refractivity contribution in [3.63, 3.8) is 0 Å². The third kappa shape index (κ3) is 2.49. The van der Waals surface area contributed by atoms with E-state index in [0.717, 1.165) is 0 Å². The van der Waals surface area contributed by atoms with Crippen LogP contribution in [0.2, 0.25) is 0 Å². The van der Waals surface area contributed by atoms with Gasteiger partial charge in [-0.15, -0.1) is 0 Å². The minimum Gasteiger partial charge on any atom is -0.496 e. The van der Waals surface area contributed by atoms with E-state index in [4.69, 9.17) is 4.74 Å². The van der Waals surface area contributed by atoms with Gasteiger partial charge in [-0.05, 0) is 30.0 Å². The Morgan fingerprint density at radius 1 is 1.24 bits per heavy atom. The molecule has 0 aliphatic heterocycles. The Labute approximate surface area is 122 Å². The number of ether oxygens (including phenoxy) is 1. The number of carboxylic acid groups (broad SMARTS) is 2. The quantitative estimate of drug-likeness (QED) is 0.588. The molecule has 0 unspecified atom stereocenters. The standard InChI is InChI=1S/C15H18O6/c1-4-10-11(7-6-9(8-16)12(10)21-3)15(5-2,13(17)18)14(19)20/h6-8H,4-5H2,1-3H3,(H,17,18)(H,19,20). The van der Waals surface area contributed by atoms with Crippen molar-refractivity contribution < 1.29 is 29.3 Å². The summed E-state index contributed by atoms with van der Waals surface area (Å²) >= 11 is 0. The molecule has 0 radical (unpaired) electrons. The normalized spacial score (nSPS) is 11.0. The fourth-order valence-electron chi connectivity index (χ4n) is 2.55. The van der Waals surface area contributed by atoms with Gasteiger partial charge in [0.15, 0.2) is 11.7 Å². The van der Waals surface area contributed by atoms with E-state index in [0.29, 0.717) is 18.3 Å². The Hall–Kier alpha value is -2.37. The van der Waals surface area contributed by atoms with Crippen molar-refractivity contribution >= 4 is 18.2 Å². The van der Waals surface area contributed by atoms with Crippen molar-refractivity contribution in [3.05, 3.63) is 28.8 Å². The summed E-state index contributed by atoms with van der Waals surface area (Å²) in [7, 11) is 1.36. The van der Waals surface area contributed by atoms with E-state index < -0.39 is 17.4 Å². The number of carboxylic acids is 2. The fourth-order valence-corrected chi connectivity index (χ4v) is 2.55. The molecule has 0 aliphatic carbocycles. The molecule has 1 rings (SSSR count). The molecule has 0 heterocycles. The van der Waals surface area contributed by atoms with E-state index in [2.05, 4.69) is 0 Å². The molecule has 114 valence electrons. The van der Waals surface area contributed by atoms with Gasteiger partial charge in [-0.25, -0.2) is 0 Å². The summed E-state index contributed by atoms with van der Waals surface area (Å²) in [5.74, 6) is -2.65. The summed E-state index contributed by atoms with van der Waals surface area (Å²) in [5.41, 5.74) is -1.22. The van der Waals surface area contributed by atoms with E-state index in [1.807, 2.05) is 0 Å². The van der Waals surface area contributed by atoms with Gasteiger partial charge in [0.1, 0.15) is 5.75 Å². The maximum Gasteiger partial charge on any atom is 0.325 e. The van der Waals surface area contributed by atoms with Crippen molar-refractivity contribution in [1.82, 2.24) is 0 Å². The lowest BCUT2D eigenvalue weighted by Gasteiger charge is -2.27. The number of methoxy groups -OCH3 is 1. The Balaban J connectivity index is 3.79.